The van der Waals surface area contributed by atoms with Crippen LogP contribution < -0.4 is 10.3 Å². The summed E-state index contributed by atoms with van der Waals surface area (Å²) in [5, 5.41) is 5.16. The van der Waals surface area contributed by atoms with E-state index < -0.39 is 0 Å². The molecule has 0 radical (unpaired) electrons. The van der Waals surface area contributed by atoms with Crippen molar-refractivity contribution in [1.29, 1.82) is 0 Å². The molecule has 0 aliphatic rings. The van der Waals surface area contributed by atoms with Crippen LogP contribution in [0.15, 0.2) is 35.3 Å². The van der Waals surface area contributed by atoms with Crippen LogP contribution in [0.25, 0.3) is 16.6 Å². The summed E-state index contributed by atoms with van der Waals surface area (Å²) in [4.78, 5) is 17.1. The number of rotatable bonds is 7. The first-order chi connectivity index (χ1) is 13.7. The van der Waals surface area contributed by atoms with E-state index in [0.717, 1.165) is 29.7 Å². The first-order valence-electron chi connectivity index (χ1n) is 9.79. The molecule has 1 aromatic carbocycles. The number of aromatic nitrogens is 3. The first kappa shape index (κ1) is 21.1. The molecule has 0 aliphatic carbocycles. The molecule has 0 fully saturated rings. The molecule has 3 aromatic rings. The highest BCUT2D eigenvalue weighted by atomic mass is 16.5. The minimum Gasteiger partial charge on any atom is -0.470 e. The molecule has 7 heteroatoms. The van der Waals surface area contributed by atoms with Gasteiger partial charge in [0.2, 0.25) is 5.88 Å². The average Bonchev–Trinajstić information content (AvgIpc) is 3.03. The third-order valence-electron chi connectivity index (χ3n) is 4.88. The van der Waals surface area contributed by atoms with Crippen LogP contribution >= 0.6 is 0 Å². The van der Waals surface area contributed by atoms with Crippen LogP contribution in [0.4, 0.5) is 0 Å². The molecule has 0 saturated heterocycles. The highest BCUT2D eigenvalue weighted by Crippen LogP contribution is 2.27. The van der Waals surface area contributed by atoms with Gasteiger partial charge in [0, 0.05) is 32.0 Å². The van der Waals surface area contributed by atoms with Gasteiger partial charge in [0.15, 0.2) is 0 Å². The van der Waals surface area contributed by atoms with Crippen molar-refractivity contribution in [2.24, 2.45) is 7.05 Å². The number of hydrogen-bond acceptors (Lipinski definition) is 5. The number of ether oxygens (including phenoxy) is 1. The smallest absolute Gasteiger partial charge is 0.291 e. The Labute approximate surface area is 172 Å². The van der Waals surface area contributed by atoms with E-state index in [0.29, 0.717) is 11.4 Å². The third kappa shape index (κ3) is 4.52. The van der Waals surface area contributed by atoms with Gasteiger partial charge >= 0.3 is 0 Å². The maximum absolute atomic E-state index is 13.0. The minimum absolute atomic E-state index is 0.0716. The van der Waals surface area contributed by atoms with Gasteiger partial charge in [0.05, 0.1) is 5.39 Å². The largest absolute Gasteiger partial charge is 0.470 e. The number of aryl methyl sites for hydroxylation is 3. The van der Waals surface area contributed by atoms with E-state index in [4.69, 9.17) is 4.74 Å². The minimum atomic E-state index is -0.144. The highest BCUT2D eigenvalue weighted by Gasteiger charge is 2.20. The topological polar surface area (TPSA) is 55.5 Å². The Bertz CT molecular complexity index is 1050. The molecule has 2 aromatic heterocycles. The predicted molar refractivity (Wildman–Crippen MR) is 117 cm³/mol. The fourth-order valence-electron chi connectivity index (χ4n) is 3.68. The fraction of sp³-hybridized carbons (Fsp3) is 0.455. The van der Waals surface area contributed by atoms with Crippen LogP contribution in [0.2, 0.25) is 0 Å². The second-order valence-corrected chi connectivity index (χ2v) is 8.24. The van der Waals surface area contributed by atoms with Gasteiger partial charge < -0.3 is 19.1 Å². The summed E-state index contributed by atoms with van der Waals surface area (Å²) >= 11 is 0. The molecule has 29 heavy (non-hydrogen) atoms. The van der Waals surface area contributed by atoms with Crippen molar-refractivity contribution in [1.82, 2.24) is 24.1 Å². The molecule has 0 amide bonds. The molecule has 3 rings (SSSR count). The Morgan fingerprint density at radius 3 is 2.31 bits per heavy atom. The average molecular weight is 398 g/mol. The molecule has 7 nitrogen and oxygen atoms in total. The van der Waals surface area contributed by atoms with E-state index >= 15 is 0 Å². The van der Waals surface area contributed by atoms with E-state index in [2.05, 4.69) is 40.9 Å². The lowest BCUT2D eigenvalue weighted by atomic mass is 10.1. The summed E-state index contributed by atoms with van der Waals surface area (Å²) in [6.45, 7) is 5.63. The SMILES string of the molecule is Cc1ccc(-n2ccc3c(OC(CN(C)C)CN(C)C)nn(C)c(=O)c32)c(C)c1. The van der Waals surface area contributed by atoms with Gasteiger partial charge in [-0.15, -0.1) is 5.10 Å². The molecule has 0 N–H and O–H groups in total. The van der Waals surface area contributed by atoms with Crippen molar-refractivity contribution in [3.05, 3.63) is 51.9 Å². The Hall–Kier alpha value is -2.64. The predicted octanol–water partition coefficient (Wildman–Crippen LogP) is 2.21. The van der Waals surface area contributed by atoms with Crippen LogP contribution in [0.5, 0.6) is 5.88 Å². The van der Waals surface area contributed by atoms with Crippen LogP contribution in [0.1, 0.15) is 11.1 Å². The Balaban J connectivity index is 2.12. The number of likely N-dealkylation sites (N-methyl/N-ethyl adjacent to an activating group) is 2. The molecule has 0 spiro atoms. The normalized spacial score (nSPS) is 11.9. The van der Waals surface area contributed by atoms with E-state index in [-0.39, 0.29) is 11.7 Å². The van der Waals surface area contributed by atoms with Gasteiger partial charge in [-0.1, -0.05) is 17.7 Å². The maximum atomic E-state index is 13.0. The number of nitrogens with zero attached hydrogens (tertiary/aromatic N) is 5. The summed E-state index contributed by atoms with van der Waals surface area (Å²) in [5.74, 6) is 0.485. The van der Waals surface area contributed by atoms with Crippen LogP contribution in [-0.4, -0.2) is 71.5 Å². The summed E-state index contributed by atoms with van der Waals surface area (Å²) in [6.07, 6.45) is 1.85. The number of fused-ring (bicyclic) bond motifs is 1. The molecule has 2 heterocycles. The molecule has 0 bridgehead atoms. The standard InChI is InChI=1S/C22H31N5O2/c1-15-8-9-19(16(2)12-15)27-11-10-18-20(27)22(28)26(7)23-21(18)29-17(13-24(3)4)14-25(5)6/h8-12,17H,13-14H2,1-7H3. The second kappa shape index (κ2) is 8.39. The highest BCUT2D eigenvalue weighted by molar-refractivity contribution is 5.85. The Kier molecular flexibility index (Phi) is 6.10. The molecular formula is C22H31N5O2. The molecule has 0 unspecified atom stereocenters. The van der Waals surface area contributed by atoms with Crippen molar-refractivity contribution in [2.45, 2.75) is 20.0 Å². The first-order valence-corrected chi connectivity index (χ1v) is 9.79. The summed E-state index contributed by atoms with van der Waals surface area (Å²) in [6, 6.07) is 8.14. The molecule has 0 aliphatic heterocycles. The fourth-order valence-corrected chi connectivity index (χ4v) is 3.68. The van der Waals surface area contributed by atoms with E-state index in [1.54, 1.807) is 7.05 Å². The van der Waals surface area contributed by atoms with Crippen LogP contribution in [0.3, 0.4) is 0 Å². The number of benzene rings is 1. The summed E-state index contributed by atoms with van der Waals surface area (Å²) < 4.78 is 9.62. The van der Waals surface area contributed by atoms with Gasteiger partial charge in [-0.25, -0.2) is 4.68 Å². The van der Waals surface area contributed by atoms with Gasteiger partial charge in [-0.05, 0) is 59.7 Å². The quantitative estimate of drug-likeness (QED) is 0.612. The van der Waals surface area contributed by atoms with Crippen LogP contribution in [-0.2, 0) is 7.05 Å². The zero-order valence-corrected chi connectivity index (χ0v) is 18.4. The number of hydrogen-bond donors (Lipinski definition) is 0. The lowest BCUT2D eigenvalue weighted by molar-refractivity contribution is 0.123. The van der Waals surface area contributed by atoms with E-state index in [1.165, 1.54) is 10.2 Å². The molecule has 156 valence electrons. The maximum Gasteiger partial charge on any atom is 0.291 e. The summed E-state index contributed by atoms with van der Waals surface area (Å²) in [7, 11) is 9.75. The van der Waals surface area contributed by atoms with Gasteiger partial charge in [0.1, 0.15) is 11.6 Å². The zero-order valence-electron chi connectivity index (χ0n) is 18.4. The Morgan fingerprint density at radius 1 is 1.07 bits per heavy atom. The monoisotopic (exact) mass is 397 g/mol. The van der Waals surface area contributed by atoms with Gasteiger partial charge in [0.25, 0.3) is 5.56 Å². The molecule has 0 saturated carbocycles. The zero-order chi connectivity index (χ0) is 21.3. The van der Waals surface area contributed by atoms with Crippen molar-refractivity contribution < 1.29 is 4.74 Å². The van der Waals surface area contributed by atoms with Crippen molar-refractivity contribution in [3.63, 3.8) is 0 Å². The van der Waals surface area contributed by atoms with E-state index in [1.807, 2.05) is 51.1 Å². The summed E-state index contributed by atoms with van der Waals surface area (Å²) in [5.41, 5.74) is 3.73. The second-order valence-electron chi connectivity index (χ2n) is 8.24. The van der Waals surface area contributed by atoms with Gasteiger partial charge in [-0.2, -0.15) is 0 Å². The third-order valence-corrected chi connectivity index (χ3v) is 4.88. The Morgan fingerprint density at radius 2 is 1.72 bits per heavy atom. The van der Waals surface area contributed by atoms with Crippen molar-refractivity contribution in [2.75, 3.05) is 41.3 Å². The van der Waals surface area contributed by atoms with Crippen molar-refractivity contribution >= 4 is 10.9 Å². The lowest BCUT2D eigenvalue weighted by Gasteiger charge is -2.25. The van der Waals surface area contributed by atoms with E-state index in [9.17, 15) is 4.79 Å². The molecule has 0 atom stereocenters. The molecular weight excluding hydrogens is 366 g/mol. The van der Waals surface area contributed by atoms with Gasteiger partial charge in [-0.3, -0.25) is 4.79 Å². The lowest BCUT2D eigenvalue weighted by Crippen LogP contribution is -2.39. The van der Waals surface area contributed by atoms with Crippen molar-refractivity contribution in [3.8, 4) is 11.6 Å². The van der Waals surface area contributed by atoms with Crippen LogP contribution in [0, 0.1) is 13.8 Å².